The Hall–Kier alpha value is -0.950. The molecule has 0 aliphatic heterocycles. The zero-order valence-corrected chi connectivity index (χ0v) is 11.8. The van der Waals surface area contributed by atoms with Crippen LogP contribution >= 0.6 is 11.8 Å². The molecule has 0 bridgehead atoms. The van der Waals surface area contributed by atoms with Gasteiger partial charge in [-0.15, -0.1) is 0 Å². The van der Waals surface area contributed by atoms with E-state index in [-0.39, 0.29) is 6.04 Å². The Morgan fingerprint density at radius 1 is 1.28 bits per heavy atom. The lowest BCUT2D eigenvalue weighted by Gasteiger charge is -2.19. The summed E-state index contributed by atoms with van der Waals surface area (Å²) in [6.07, 6.45) is -0.322. The maximum Gasteiger partial charge on any atom is 0.328 e. The van der Waals surface area contributed by atoms with Gasteiger partial charge in [-0.3, -0.25) is 0 Å². The summed E-state index contributed by atoms with van der Waals surface area (Å²) >= 11 is 1.78. The molecule has 2 amide bonds. The predicted octanol–water partition coefficient (Wildman–Crippen LogP) is 0.651. The van der Waals surface area contributed by atoms with E-state index in [0.717, 1.165) is 17.9 Å². The van der Waals surface area contributed by atoms with Gasteiger partial charge in [0.1, 0.15) is 0 Å². The fraction of sp³-hybridized carbons (Fsp3) is 0.818. The SMILES string of the molecule is CCSCCC(C)NC(=O)NC(C(=O)O)C(C)O. The van der Waals surface area contributed by atoms with E-state index in [0.29, 0.717) is 0 Å². The normalized spacial score (nSPS) is 15.6. The minimum Gasteiger partial charge on any atom is -0.480 e. The number of nitrogens with one attached hydrogen (secondary N) is 2. The number of amides is 2. The van der Waals surface area contributed by atoms with Crippen LogP contribution < -0.4 is 10.6 Å². The number of aliphatic carboxylic acids is 1. The Labute approximate surface area is 112 Å². The van der Waals surface area contributed by atoms with Gasteiger partial charge in [-0.2, -0.15) is 11.8 Å². The van der Waals surface area contributed by atoms with Crippen LogP contribution in [0.15, 0.2) is 0 Å². The molecule has 0 heterocycles. The van der Waals surface area contributed by atoms with Crippen LogP contribution in [0.4, 0.5) is 4.79 Å². The number of aliphatic hydroxyl groups is 1. The predicted molar refractivity (Wildman–Crippen MR) is 71.9 cm³/mol. The molecule has 3 unspecified atom stereocenters. The van der Waals surface area contributed by atoms with Gasteiger partial charge in [0, 0.05) is 6.04 Å². The Balaban J connectivity index is 4.04. The second-order valence-corrected chi connectivity index (χ2v) is 5.45. The molecule has 106 valence electrons. The number of hydrogen-bond donors (Lipinski definition) is 4. The van der Waals surface area contributed by atoms with Crippen molar-refractivity contribution in [2.45, 2.75) is 45.4 Å². The molecule has 0 saturated carbocycles. The summed E-state index contributed by atoms with van der Waals surface area (Å²) in [5.74, 6) is 0.716. The van der Waals surface area contributed by atoms with E-state index in [1.165, 1.54) is 6.92 Å². The van der Waals surface area contributed by atoms with E-state index >= 15 is 0 Å². The van der Waals surface area contributed by atoms with E-state index in [1.54, 1.807) is 11.8 Å². The van der Waals surface area contributed by atoms with Crippen molar-refractivity contribution in [3.8, 4) is 0 Å². The number of carboxylic acids is 1. The lowest BCUT2D eigenvalue weighted by molar-refractivity contribution is -0.141. The van der Waals surface area contributed by atoms with E-state index in [4.69, 9.17) is 5.11 Å². The Morgan fingerprint density at radius 3 is 2.33 bits per heavy atom. The van der Waals surface area contributed by atoms with Gasteiger partial charge in [0.05, 0.1) is 6.10 Å². The summed E-state index contributed by atoms with van der Waals surface area (Å²) in [7, 11) is 0. The molecule has 3 atom stereocenters. The zero-order chi connectivity index (χ0) is 14.1. The van der Waals surface area contributed by atoms with Crippen molar-refractivity contribution < 1.29 is 19.8 Å². The van der Waals surface area contributed by atoms with Gasteiger partial charge in [0.15, 0.2) is 6.04 Å². The third-order valence-corrected chi connectivity index (χ3v) is 3.24. The quantitative estimate of drug-likeness (QED) is 0.489. The monoisotopic (exact) mass is 278 g/mol. The highest BCUT2D eigenvalue weighted by molar-refractivity contribution is 7.99. The molecule has 0 aromatic heterocycles. The van der Waals surface area contributed by atoms with Crippen LogP contribution in [0.3, 0.4) is 0 Å². The fourth-order valence-corrected chi connectivity index (χ4v) is 2.08. The summed E-state index contributed by atoms with van der Waals surface area (Å²) in [6, 6.07) is -1.90. The number of thioether (sulfide) groups is 1. The van der Waals surface area contributed by atoms with Crippen LogP contribution in [0.5, 0.6) is 0 Å². The molecule has 0 fully saturated rings. The number of rotatable bonds is 8. The molecule has 0 aromatic rings. The standard InChI is InChI=1S/C11H22N2O4S/c1-4-18-6-5-7(2)12-11(17)13-9(8(3)14)10(15)16/h7-9,14H,4-6H2,1-3H3,(H,15,16)(H2,12,13,17). The molecule has 0 aliphatic carbocycles. The molecule has 18 heavy (non-hydrogen) atoms. The van der Waals surface area contributed by atoms with Crippen molar-refractivity contribution in [1.82, 2.24) is 10.6 Å². The molecule has 0 aromatic carbocycles. The molecule has 7 heteroatoms. The summed E-state index contributed by atoms with van der Waals surface area (Å²) in [4.78, 5) is 22.3. The highest BCUT2D eigenvalue weighted by Gasteiger charge is 2.25. The highest BCUT2D eigenvalue weighted by Crippen LogP contribution is 2.03. The first-order chi connectivity index (χ1) is 8.38. The molecule has 0 aliphatic rings. The van der Waals surface area contributed by atoms with Crippen molar-refractivity contribution in [2.24, 2.45) is 0 Å². The van der Waals surface area contributed by atoms with E-state index in [9.17, 15) is 14.7 Å². The van der Waals surface area contributed by atoms with Crippen molar-refractivity contribution in [2.75, 3.05) is 11.5 Å². The third kappa shape index (κ3) is 7.39. The lowest BCUT2D eigenvalue weighted by Crippen LogP contribution is -2.52. The fourth-order valence-electron chi connectivity index (χ4n) is 1.27. The van der Waals surface area contributed by atoms with Crippen LogP contribution in [0.25, 0.3) is 0 Å². The topological polar surface area (TPSA) is 98.7 Å². The molecular formula is C11H22N2O4S. The summed E-state index contributed by atoms with van der Waals surface area (Å²) in [6.45, 7) is 5.24. The number of carboxylic acid groups (broad SMARTS) is 1. The third-order valence-electron chi connectivity index (χ3n) is 2.31. The average Bonchev–Trinajstić information content (AvgIpc) is 2.25. The second-order valence-electron chi connectivity index (χ2n) is 4.06. The van der Waals surface area contributed by atoms with E-state index < -0.39 is 24.1 Å². The van der Waals surface area contributed by atoms with Gasteiger partial charge >= 0.3 is 12.0 Å². The van der Waals surface area contributed by atoms with Crippen molar-refractivity contribution >= 4 is 23.8 Å². The number of urea groups is 1. The summed E-state index contributed by atoms with van der Waals surface area (Å²) < 4.78 is 0. The molecule has 0 radical (unpaired) electrons. The van der Waals surface area contributed by atoms with Gasteiger partial charge in [-0.25, -0.2) is 9.59 Å². The summed E-state index contributed by atoms with van der Waals surface area (Å²) in [5, 5.41) is 22.9. The van der Waals surface area contributed by atoms with Crippen LogP contribution in [0.2, 0.25) is 0 Å². The van der Waals surface area contributed by atoms with Gasteiger partial charge < -0.3 is 20.8 Å². The van der Waals surface area contributed by atoms with Crippen LogP contribution in [0.1, 0.15) is 27.2 Å². The molecule has 6 nitrogen and oxygen atoms in total. The number of carbonyl (C=O) groups excluding carboxylic acids is 1. The first-order valence-electron chi connectivity index (χ1n) is 5.94. The maximum atomic E-state index is 11.5. The smallest absolute Gasteiger partial charge is 0.328 e. The van der Waals surface area contributed by atoms with E-state index in [1.807, 2.05) is 6.92 Å². The first kappa shape index (κ1) is 17.1. The maximum absolute atomic E-state index is 11.5. The zero-order valence-electron chi connectivity index (χ0n) is 11.0. The van der Waals surface area contributed by atoms with Crippen molar-refractivity contribution in [3.63, 3.8) is 0 Å². The molecular weight excluding hydrogens is 256 g/mol. The van der Waals surface area contributed by atoms with Gasteiger partial charge in [0.25, 0.3) is 0 Å². The molecule has 0 spiro atoms. The van der Waals surface area contributed by atoms with Crippen molar-refractivity contribution in [3.05, 3.63) is 0 Å². The second kappa shape index (κ2) is 9.04. The Kier molecular flexibility index (Phi) is 8.57. The number of hydrogen-bond acceptors (Lipinski definition) is 4. The number of carbonyl (C=O) groups is 2. The largest absolute Gasteiger partial charge is 0.480 e. The Bertz CT molecular complexity index is 274. The lowest BCUT2D eigenvalue weighted by atomic mass is 10.2. The van der Waals surface area contributed by atoms with Gasteiger partial charge in [0.2, 0.25) is 0 Å². The van der Waals surface area contributed by atoms with Crippen LogP contribution in [0, 0.1) is 0 Å². The van der Waals surface area contributed by atoms with Crippen LogP contribution in [-0.2, 0) is 4.79 Å². The Morgan fingerprint density at radius 2 is 1.89 bits per heavy atom. The van der Waals surface area contributed by atoms with Crippen molar-refractivity contribution in [1.29, 1.82) is 0 Å². The number of aliphatic hydroxyl groups excluding tert-OH is 1. The summed E-state index contributed by atoms with van der Waals surface area (Å²) in [5.41, 5.74) is 0. The molecule has 4 N–H and O–H groups in total. The molecule has 0 saturated heterocycles. The van der Waals surface area contributed by atoms with E-state index in [2.05, 4.69) is 17.6 Å². The average molecular weight is 278 g/mol. The van der Waals surface area contributed by atoms with Gasteiger partial charge in [-0.1, -0.05) is 6.92 Å². The van der Waals surface area contributed by atoms with Gasteiger partial charge in [-0.05, 0) is 31.8 Å². The highest BCUT2D eigenvalue weighted by atomic mass is 32.2. The minimum atomic E-state index is -1.29. The first-order valence-corrected chi connectivity index (χ1v) is 7.09. The van der Waals surface area contributed by atoms with Crippen LogP contribution in [-0.4, -0.2) is 51.9 Å². The minimum absolute atomic E-state index is 0.0347. The molecule has 0 rings (SSSR count).